The first-order chi connectivity index (χ1) is 15.8. The summed E-state index contributed by atoms with van der Waals surface area (Å²) in [4.78, 5) is 18.7. The summed E-state index contributed by atoms with van der Waals surface area (Å²) < 4.78 is 5.70. The van der Waals surface area contributed by atoms with Crippen molar-refractivity contribution in [3.8, 4) is 17.1 Å². The Morgan fingerprint density at radius 3 is 2.50 bits per heavy atom. The molecular weight excluding hydrogens is 402 g/mol. The minimum atomic E-state index is -0.511. The summed E-state index contributed by atoms with van der Waals surface area (Å²) in [5.41, 5.74) is 3.52. The highest BCUT2D eigenvalue weighted by molar-refractivity contribution is 5.61. The molecule has 5 rings (SSSR count). The molecule has 1 aliphatic heterocycles. The second-order valence-corrected chi connectivity index (χ2v) is 8.45. The van der Waals surface area contributed by atoms with Gasteiger partial charge >= 0.3 is 0 Å². The Morgan fingerprint density at radius 2 is 1.72 bits per heavy atom. The third kappa shape index (κ3) is 4.74. The molecule has 1 N–H and O–H groups in total. The van der Waals surface area contributed by atoms with Gasteiger partial charge in [-0.25, -0.2) is 9.97 Å². The number of para-hydroxylation sites is 1. The second kappa shape index (κ2) is 9.63. The lowest BCUT2D eigenvalue weighted by Gasteiger charge is -2.37. The van der Waals surface area contributed by atoms with Crippen LogP contribution < -0.4 is 9.64 Å². The van der Waals surface area contributed by atoms with E-state index in [9.17, 15) is 5.11 Å². The Kier molecular flexibility index (Phi) is 6.27. The number of piperazine rings is 1. The standard InChI is InChI=1S/C25H29N5O2/c31-20(18-32-21-5-2-1-3-6-21)17-29-13-15-30(16-14-29)25-22-7-4-8-23(22)27-24(28-25)19-9-11-26-12-10-19/h1-3,5-6,9-12,20,31H,4,7-8,13-18H2. The topological polar surface area (TPSA) is 74.6 Å². The molecule has 3 heterocycles. The quantitative estimate of drug-likeness (QED) is 0.616. The van der Waals surface area contributed by atoms with E-state index in [4.69, 9.17) is 14.7 Å². The molecule has 0 radical (unpaired) electrons. The van der Waals surface area contributed by atoms with E-state index in [-0.39, 0.29) is 0 Å². The number of anilines is 1. The molecule has 1 aromatic carbocycles. The molecule has 1 saturated heterocycles. The minimum absolute atomic E-state index is 0.305. The van der Waals surface area contributed by atoms with Crippen LogP contribution in [0.2, 0.25) is 0 Å². The van der Waals surface area contributed by atoms with Gasteiger partial charge in [-0.15, -0.1) is 0 Å². The minimum Gasteiger partial charge on any atom is -0.491 e. The van der Waals surface area contributed by atoms with Crippen molar-refractivity contribution in [2.75, 3.05) is 44.2 Å². The average Bonchev–Trinajstić information content (AvgIpc) is 3.33. The summed E-state index contributed by atoms with van der Waals surface area (Å²) in [6.45, 7) is 4.50. The van der Waals surface area contributed by atoms with Crippen LogP contribution in [0.4, 0.5) is 5.82 Å². The second-order valence-electron chi connectivity index (χ2n) is 8.45. The normalized spacial score (nSPS) is 17.2. The average molecular weight is 432 g/mol. The van der Waals surface area contributed by atoms with E-state index in [2.05, 4.69) is 14.8 Å². The fraction of sp³-hybridized carbons (Fsp3) is 0.400. The number of ether oxygens (including phenoxy) is 1. The fourth-order valence-electron chi connectivity index (χ4n) is 4.51. The number of aliphatic hydroxyl groups excluding tert-OH is 1. The molecule has 2 aliphatic rings. The van der Waals surface area contributed by atoms with Crippen molar-refractivity contribution in [1.82, 2.24) is 19.9 Å². The van der Waals surface area contributed by atoms with Crippen LogP contribution in [0.1, 0.15) is 17.7 Å². The van der Waals surface area contributed by atoms with Gasteiger partial charge < -0.3 is 14.7 Å². The van der Waals surface area contributed by atoms with Crippen LogP contribution >= 0.6 is 0 Å². The number of fused-ring (bicyclic) bond motifs is 1. The number of hydrogen-bond donors (Lipinski definition) is 1. The van der Waals surface area contributed by atoms with Gasteiger partial charge in [0.25, 0.3) is 0 Å². The van der Waals surface area contributed by atoms with Gasteiger partial charge in [-0.2, -0.15) is 0 Å². The van der Waals surface area contributed by atoms with Crippen LogP contribution in [0.3, 0.4) is 0 Å². The van der Waals surface area contributed by atoms with Gasteiger partial charge in [0.2, 0.25) is 0 Å². The van der Waals surface area contributed by atoms with E-state index < -0.39 is 6.10 Å². The lowest BCUT2D eigenvalue weighted by atomic mass is 10.1. The molecule has 0 bridgehead atoms. The number of aryl methyl sites for hydroxylation is 1. The lowest BCUT2D eigenvalue weighted by Crippen LogP contribution is -2.49. The predicted molar refractivity (Wildman–Crippen MR) is 124 cm³/mol. The Labute approximate surface area is 188 Å². The number of β-amino-alcohol motifs (C(OH)–C–C–N with tert-alkyl or cyclic N) is 1. The van der Waals surface area contributed by atoms with Crippen molar-refractivity contribution in [2.45, 2.75) is 25.4 Å². The molecule has 1 aliphatic carbocycles. The molecule has 3 aromatic rings. The molecule has 1 atom stereocenters. The van der Waals surface area contributed by atoms with Gasteiger partial charge in [0.15, 0.2) is 5.82 Å². The first-order valence-electron chi connectivity index (χ1n) is 11.4. The summed E-state index contributed by atoms with van der Waals surface area (Å²) >= 11 is 0. The molecular formula is C25H29N5O2. The molecule has 1 fully saturated rings. The highest BCUT2D eigenvalue weighted by Crippen LogP contribution is 2.31. The Bertz CT molecular complexity index is 1020. The zero-order chi connectivity index (χ0) is 21.8. The highest BCUT2D eigenvalue weighted by Gasteiger charge is 2.26. The van der Waals surface area contributed by atoms with E-state index >= 15 is 0 Å². The number of nitrogens with zero attached hydrogens (tertiary/aromatic N) is 5. The largest absolute Gasteiger partial charge is 0.491 e. The molecule has 1 unspecified atom stereocenters. The first kappa shape index (κ1) is 20.8. The third-order valence-electron chi connectivity index (χ3n) is 6.18. The van der Waals surface area contributed by atoms with Gasteiger partial charge in [0.05, 0.1) is 0 Å². The Morgan fingerprint density at radius 1 is 0.938 bits per heavy atom. The molecule has 7 nitrogen and oxygen atoms in total. The van der Waals surface area contributed by atoms with E-state index in [0.717, 1.165) is 68.4 Å². The SMILES string of the molecule is OC(COc1ccccc1)CN1CCN(c2nc(-c3ccncc3)nc3c2CCC3)CC1. The van der Waals surface area contributed by atoms with Crippen molar-refractivity contribution in [3.05, 3.63) is 66.1 Å². The zero-order valence-corrected chi connectivity index (χ0v) is 18.2. The van der Waals surface area contributed by atoms with Crippen LogP contribution in [0.25, 0.3) is 11.4 Å². The van der Waals surface area contributed by atoms with Crippen molar-refractivity contribution >= 4 is 5.82 Å². The number of hydrogen-bond acceptors (Lipinski definition) is 7. The monoisotopic (exact) mass is 431 g/mol. The molecule has 0 amide bonds. The Hall–Kier alpha value is -3.03. The summed E-state index contributed by atoms with van der Waals surface area (Å²) in [5, 5.41) is 10.4. The van der Waals surface area contributed by atoms with Crippen LogP contribution in [0, 0.1) is 0 Å². The van der Waals surface area contributed by atoms with E-state index in [1.165, 1.54) is 11.3 Å². The maximum absolute atomic E-state index is 10.4. The van der Waals surface area contributed by atoms with Crippen LogP contribution in [0.5, 0.6) is 5.75 Å². The summed E-state index contributed by atoms with van der Waals surface area (Å²) in [6, 6.07) is 13.6. The zero-order valence-electron chi connectivity index (χ0n) is 18.2. The summed E-state index contributed by atoms with van der Waals surface area (Å²) in [5.74, 6) is 2.67. The van der Waals surface area contributed by atoms with Crippen molar-refractivity contribution in [1.29, 1.82) is 0 Å². The van der Waals surface area contributed by atoms with Gasteiger partial charge in [-0.1, -0.05) is 18.2 Å². The fourth-order valence-corrected chi connectivity index (χ4v) is 4.51. The van der Waals surface area contributed by atoms with Gasteiger partial charge in [0, 0.05) is 61.9 Å². The molecule has 0 spiro atoms. The summed E-state index contributed by atoms with van der Waals surface area (Å²) in [7, 11) is 0. The third-order valence-corrected chi connectivity index (χ3v) is 6.18. The van der Waals surface area contributed by atoms with Crippen LogP contribution in [-0.4, -0.2) is 70.4 Å². The van der Waals surface area contributed by atoms with Crippen molar-refractivity contribution in [2.24, 2.45) is 0 Å². The molecule has 7 heteroatoms. The Balaban J connectivity index is 1.21. The summed E-state index contributed by atoms with van der Waals surface area (Å²) in [6.07, 6.45) is 6.29. The van der Waals surface area contributed by atoms with E-state index in [0.29, 0.717) is 13.2 Å². The maximum atomic E-state index is 10.4. The van der Waals surface area contributed by atoms with E-state index in [1.54, 1.807) is 12.4 Å². The number of aromatic nitrogens is 3. The van der Waals surface area contributed by atoms with Crippen LogP contribution in [-0.2, 0) is 12.8 Å². The smallest absolute Gasteiger partial charge is 0.161 e. The number of rotatable bonds is 7. The maximum Gasteiger partial charge on any atom is 0.161 e. The number of pyridine rings is 1. The van der Waals surface area contributed by atoms with Crippen molar-refractivity contribution < 1.29 is 9.84 Å². The molecule has 32 heavy (non-hydrogen) atoms. The highest BCUT2D eigenvalue weighted by atomic mass is 16.5. The lowest BCUT2D eigenvalue weighted by molar-refractivity contribution is 0.0662. The molecule has 0 saturated carbocycles. The number of benzene rings is 1. The number of aliphatic hydroxyl groups is 1. The molecule has 2 aromatic heterocycles. The van der Waals surface area contributed by atoms with Gasteiger partial charge in [0.1, 0.15) is 24.3 Å². The molecule has 166 valence electrons. The predicted octanol–water partition coefficient (Wildman–Crippen LogP) is 2.59. The van der Waals surface area contributed by atoms with Gasteiger partial charge in [-0.3, -0.25) is 9.88 Å². The first-order valence-corrected chi connectivity index (χ1v) is 11.4. The van der Waals surface area contributed by atoms with Gasteiger partial charge in [-0.05, 0) is 43.5 Å². The van der Waals surface area contributed by atoms with Crippen LogP contribution in [0.15, 0.2) is 54.9 Å². The van der Waals surface area contributed by atoms with E-state index in [1.807, 2.05) is 42.5 Å². The van der Waals surface area contributed by atoms with Crippen molar-refractivity contribution in [3.63, 3.8) is 0 Å².